The number of nitrogens with one attached hydrogen (secondary N) is 1. The fraction of sp³-hybridized carbons (Fsp3) is 0.182. The molecule has 0 spiro atoms. The number of thiazole rings is 1. The number of para-hydroxylation sites is 1. The van der Waals surface area contributed by atoms with Crippen molar-refractivity contribution in [2.45, 2.75) is 13.5 Å². The lowest BCUT2D eigenvalue weighted by Crippen LogP contribution is -2.12. The van der Waals surface area contributed by atoms with Gasteiger partial charge in [0.25, 0.3) is 5.91 Å². The molecule has 4 aromatic rings. The number of benzene rings is 2. The normalized spacial score (nSPS) is 11.0. The maximum atomic E-state index is 14.4. The van der Waals surface area contributed by atoms with Gasteiger partial charge in [-0.05, 0) is 31.2 Å². The van der Waals surface area contributed by atoms with Crippen molar-refractivity contribution in [1.82, 2.24) is 4.98 Å². The van der Waals surface area contributed by atoms with Gasteiger partial charge in [0.1, 0.15) is 11.6 Å². The Labute approximate surface area is 181 Å². The van der Waals surface area contributed by atoms with Gasteiger partial charge in [0.2, 0.25) is 0 Å². The molecule has 154 valence electrons. The van der Waals surface area contributed by atoms with Gasteiger partial charge in [-0.2, -0.15) is 0 Å². The fourth-order valence-electron chi connectivity index (χ4n) is 3.20. The van der Waals surface area contributed by atoms with Gasteiger partial charge in [-0.25, -0.2) is 9.37 Å². The van der Waals surface area contributed by atoms with E-state index in [0.29, 0.717) is 32.3 Å². The summed E-state index contributed by atoms with van der Waals surface area (Å²) < 4.78 is 26.0. The maximum Gasteiger partial charge on any atom is 0.267 e. The minimum absolute atomic E-state index is 0.147. The molecule has 5 nitrogen and oxygen atoms in total. The summed E-state index contributed by atoms with van der Waals surface area (Å²) in [5.74, 6) is 0.0473. The number of anilines is 1. The number of carbonyl (C=O) groups excluding carboxylic acids is 1. The molecule has 1 N–H and O–H groups in total. The summed E-state index contributed by atoms with van der Waals surface area (Å²) in [4.78, 5) is 17.9. The van der Waals surface area contributed by atoms with Gasteiger partial charge in [-0.1, -0.05) is 18.2 Å². The SMILES string of the molecule is CCOc1ccccc1-c1csc(NC(=O)c2sc3cccc(F)c3c2COC)n1. The third-order valence-electron chi connectivity index (χ3n) is 4.45. The van der Waals surface area contributed by atoms with Gasteiger partial charge in [0.05, 0.1) is 23.8 Å². The van der Waals surface area contributed by atoms with Crippen molar-refractivity contribution in [1.29, 1.82) is 0 Å². The second-order valence-corrected chi connectivity index (χ2v) is 8.29. The zero-order valence-corrected chi connectivity index (χ0v) is 18.0. The Hall–Kier alpha value is -2.81. The van der Waals surface area contributed by atoms with Gasteiger partial charge in [0.15, 0.2) is 5.13 Å². The van der Waals surface area contributed by atoms with Gasteiger partial charge in [-0.15, -0.1) is 22.7 Å². The maximum absolute atomic E-state index is 14.4. The Morgan fingerprint density at radius 1 is 1.20 bits per heavy atom. The van der Waals surface area contributed by atoms with Crippen LogP contribution in [0.3, 0.4) is 0 Å². The quantitative estimate of drug-likeness (QED) is 0.384. The average Bonchev–Trinajstić information content (AvgIpc) is 3.35. The van der Waals surface area contributed by atoms with Gasteiger partial charge in [0, 0.05) is 33.7 Å². The van der Waals surface area contributed by atoms with E-state index in [4.69, 9.17) is 9.47 Å². The van der Waals surface area contributed by atoms with Crippen LogP contribution in [0.5, 0.6) is 5.75 Å². The smallest absolute Gasteiger partial charge is 0.267 e. The van der Waals surface area contributed by atoms with Crippen LogP contribution in [0, 0.1) is 5.82 Å². The molecule has 4 rings (SSSR count). The number of rotatable bonds is 7. The van der Waals surface area contributed by atoms with E-state index in [0.717, 1.165) is 17.0 Å². The number of nitrogens with zero attached hydrogens (tertiary/aromatic N) is 1. The van der Waals surface area contributed by atoms with E-state index in [-0.39, 0.29) is 18.3 Å². The number of hydrogen-bond acceptors (Lipinski definition) is 6. The number of halogens is 1. The Morgan fingerprint density at radius 3 is 2.83 bits per heavy atom. The lowest BCUT2D eigenvalue weighted by atomic mass is 10.1. The van der Waals surface area contributed by atoms with Crippen molar-refractivity contribution < 1.29 is 18.7 Å². The van der Waals surface area contributed by atoms with Gasteiger partial charge in [-0.3, -0.25) is 10.1 Å². The van der Waals surface area contributed by atoms with E-state index < -0.39 is 0 Å². The van der Waals surface area contributed by atoms with Crippen LogP contribution in [-0.2, 0) is 11.3 Å². The number of fused-ring (bicyclic) bond motifs is 1. The van der Waals surface area contributed by atoms with Crippen LogP contribution in [-0.4, -0.2) is 24.6 Å². The molecule has 0 aliphatic rings. The molecule has 0 saturated heterocycles. The third kappa shape index (κ3) is 3.94. The summed E-state index contributed by atoms with van der Waals surface area (Å²) in [5.41, 5.74) is 2.13. The topological polar surface area (TPSA) is 60.5 Å². The first-order valence-electron chi connectivity index (χ1n) is 9.30. The van der Waals surface area contributed by atoms with E-state index in [2.05, 4.69) is 10.3 Å². The first-order valence-corrected chi connectivity index (χ1v) is 11.0. The Morgan fingerprint density at radius 2 is 2.03 bits per heavy atom. The number of hydrogen-bond donors (Lipinski definition) is 1. The highest BCUT2D eigenvalue weighted by molar-refractivity contribution is 7.21. The minimum atomic E-state index is -0.362. The van der Waals surface area contributed by atoms with Gasteiger partial charge < -0.3 is 9.47 Å². The first-order chi connectivity index (χ1) is 14.6. The van der Waals surface area contributed by atoms with Crippen molar-refractivity contribution in [3.8, 4) is 17.0 Å². The molecule has 0 radical (unpaired) electrons. The molecule has 2 heterocycles. The molecule has 0 aliphatic heterocycles. The highest BCUT2D eigenvalue weighted by atomic mass is 32.1. The van der Waals surface area contributed by atoms with Crippen LogP contribution < -0.4 is 10.1 Å². The molecule has 8 heteroatoms. The standard InChI is InChI=1S/C22H19FN2O3S2/c1-3-28-17-9-5-4-7-13(17)16-12-29-22(24-16)25-21(26)20-14(11-27-2)19-15(23)8-6-10-18(19)30-20/h4-10,12H,3,11H2,1-2H3,(H,24,25,26). The van der Waals surface area contributed by atoms with Crippen molar-refractivity contribution in [3.63, 3.8) is 0 Å². The van der Waals surface area contributed by atoms with Crippen LogP contribution >= 0.6 is 22.7 Å². The molecule has 0 fully saturated rings. The molecule has 0 saturated carbocycles. The van der Waals surface area contributed by atoms with Crippen LogP contribution in [0.15, 0.2) is 47.8 Å². The minimum Gasteiger partial charge on any atom is -0.493 e. The number of thiophene rings is 1. The van der Waals surface area contributed by atoms with E-state index in [1.165, 1.54) is 35.8 Å². The number of amides is 1. The molecule has 2 aromatic carbocycles. The zero-order chi connectivity index (χ0) is 21.1. The number of carbonyl (C=O) groups is 1. The molecule has 30 heavy (non-hydrogen) atoms. The Balaban J connectivity index is 1.63. The summed E-state index contributed by atoms with van der Waals surface area (Å²) in [6.07, 6.45) is 0. The van der Waals surface area contributed by atoms with E-state index in [1.807, 2.05) is 36.6 Å². The third-order valence-corrected chi connectivity index (χ3v) is 6.40. The van der Waals surface area contributed by atoms with Crippen LogP contribution in [0.25, 0.3) is 21.3 Å². The first kappa shape index (κ1) is 20.5. The molecule has 0 bridgehead atoms. The average molecular weight is 443 g/mol. The van der Waals surface area contributed by atoms with E-state index >= 15 is 0 Å². The van der Waals surface area contributed by atoms with Crippen molar-refractivity contribution in [2.75, 3.05) is 19.0 Å². The summed E-state index contributed by atoms with van der Waals surface area (Å²) in [6.45, 7) is 2.62. The van der Waals surface area contributed by atoms with Crippen LogP contribution in [0.1, 0.15) is 22.2 Å². The van der Waals surface area contributed by atoms with E-state index in [1.54, 1.807) is 12.1 Å². The molecule has 0 atom stereocenters. The van der Waals surface area contributed by atoms with Crippen molar-refractivity contribution >= 4 is 43.8 Å². The molecular weight excluding hydrogens is 423 g/mol. The number of ether oxygens (including phenoxy) is 2. The molecule has 1 amide bonds. The lowest BCUT2D eigenvalue weighted by molar-refractivity contribution is 0.102. The second kappa shape index (κ2) is 8.91. The highest BCUT2D eigenvalue weighted by Gasteiger charge is 2.22. The lowest BCUT2D eigenvalue weighted by Gasteiger charge is -2.07. The highest BCUT2D eigenvalue weighted by Crippen LogP contribution is 2.35. The molecular formula is C22H19FN2O3S2. The zero-order valence-electron chi connectivity index (χ0n) is 16.4. The van der Waals surface area contributed by atoms with Crippen LogP contribution in [0.2, 0.25) is 0 Å². The Kier molecular flexibility index (Phi) is 6.08. The number of aromatic nitrogens is 1. The predicted molar refractivity (Wildman–Crippen MR) is 119 cm³/mol. The summed E-state index contributed by atoms with van der Waals surface area (Å²) >= 11 is 2.57. The molecule has 0 unspecified atom stereocenters. The Bertz CT molecular complexity index is 1200. The molecule has 2 aromatic heterocycles. The fourth-order valence-corrected chi connectivity index (χ4v) is 5.02. The largest absolute Gasteiger partial charge is 0.493 e. The van der Waals surface area contributed by atoms with Crippen LogP contribution in [0.4, 0.5) is 9.52 Å². The summed E-state index contributed by atoms with van der Waals surface area (Å²) in [5, 5.41) is 5.60. The monoisotopic (exact) mass is 442 g/mol. The van der Waals surface area contributed by atoms with Crippen molar-refractivity contribution in [3.05, 3.63) is 64.1 Å². The number of methoxy groups -OCH3 is 1. The summed E-state index contributed by atoms with van der Waals surface area (Å²) in [7, 11) is 1.52. The summed E-state index contributed by atoms with van der Waals surface area (Å²) in [6, 6.07) is 12.5. The van der Waals surface area contributed by atoms with Crippen molar-refractivity contribution in [2.24, 2.45) is 0 Å². The second-order valence-electron chi connectivity index (χ2n) is 6.38. The molecule has 0 aliphatic carbocycles. The van der Waals surface area contributed by atoms with E-state index in [9.17, 15) is 9.18 Å². The predicted octanol–water partition coefficient (Wildman–Crippen LogP) is 5.96. The van der Waals surface area contributed by atoms with Gasteiger partial charge >= 0.3 is 0 Å².